The number of rotatable bonds is 6. The second-order valence-electron chi connectivity index (χ2n) is 3.86. The fourth-order valence-corrected chi connectivity index (χ4v) is 1.41. The van der Waals surface area contributed by atoms with E-state index in [2.05, 4.69) is 10.6 Å². The lowest BCUT2D eigenvalue weighted by Crippen LogP contribution is -2.40. The number of carbonyl (C=O) groups is 1. The van der Waals surface area contributed by atoms with Gasteiger partial charge in [-0.05, 0) is 12.5 Å². The van der Waals surface area contributed by atoms with E-state index in [-0.39, 0.29) is 12.0 Å². The SMILES string of the molecule is COCC(CNC(=O)C(C)=C1CNC1)OC. The monoisotopic (exact) mass is 228 g/mol. The van der Waals surface area contributed by atoms with Crippen LogP contribution in [0.5, 0.6) is 0 Å². The van der Waals surface area contributed by atoms with Gasteiger partial charge in [-0.15, -0.1) is 0 Å². The molecule has 1 aliphatic rings. The van der Waals surface area contributed by atoms with Gasteiger partial charge in [0.25, 0.3) is 0 Å². The lowest BCUT2D eigenvalue weighted by Gasteiger charge is -2.22. The number of amides is 1. The molecule has 5 heteroatoms. The number of ether oxygens (including phenoxy) is 2. The van der Waals surface area contributed by atoms with E-state index in [9.17, 15) is 4.79 Å². The van der Waals surface area contributed by atoms with Gasteiger partial charge >= 0.3 is 0 Å². The Morgan fingerprint density at radius 3 is 2.62 bits per heavy atom. The average molecular weight is 228 g/mol. The van der Waals surface area contributed by atoms with Gasteiger partial charge in [0.1, 0.15) is 0 Å². The molecule has 5 nitrogen and oxygen atoms in total. The van der Waals surface area contributed by atoms with E-state index < -0.39 is 0 Å². The normalized spacial score (nSPS) is 16.6. The molecule has 0 radical (unpaired) electrons. The molecule has 0 spiro atoms. The van der Waals surface area contributed by atoms with E-state index in [0.717, 1.165) is 18.7 Å². The molecule has 2 N–H and O–H groups in total. The Balaban J connectivity index is 2.33. The summed E-state index contributed by atoms with van der Waals surface area (Å²) in [6.45, 7) is 4.45. The number of hydrogen-bond donors (Lipinski definition) is 2. The highest BCUT2D eigenvalue weighted by atomic mass is 16.5. The molecular formula is C11H20N2O3. The number of carbonyl (C=O) groups excluding carboxylic acids is 1. The summed E-state index contributed by atoms with van der Waals surface area (Å²) in [7, 11) is 3.22. The van der Waals surface area contributed by atoms with Crippen LogP contribution in [0.15, 0.2) is 11.1 Å². The van der Waals surface area contributed by atoms with Gasteiger partial charge in [0, 0.05) is 39.4 Å². The standard InChI is InChI=1S/C11H20N2O3/c1-8(9-4-12-5-9)11(14)13-6-10(16-3)7-15-2/h10,12H,4-7H2,1-3H3,(H,13,14). The van der Waals surface area contributed by atoms with Crippen molar-refractivity contribution in [2.45, 2.75) is 13.0 Å². The zero-order chi connectivity index (χ0) is 12.0. The number of hydrogen-bond acceptors (Lipinski definition) is 4. The second-order valence-corrected chi connectivity index (χ2v) is 3.86. The van der Waals surface area contributed by atoms with Crippen molar-refractivity contribution in [2.75, 3.05) is 40.5 Å². The van der Waals surface area contributed by atoms with Gasteiger partial charge < -0.3 is 20.1 Å². The van der Waals surface area contributed by atoms with Crippen molar-refractivity contribution in [3.63, 3.8) is 0 Å². The molecular weight excluding hydrogens is 208 g/mol. The predicted octanol–water partition coefficient (Wildman–Crippen LogP) is -0.316. The zero-order valence-corrected chi connectivity index (χ0v) is 10.1. The van der Waals surface area contributed by atoms with Crippen molar-refractivity contribution in [3.05, 3.63) is 11.1 Å². The zero-order valence-electron chi connectivity index (χ0n) is 10.1. The molecule has 92 valence electrons. The molecule has 1 heterocycles. The molecule has 0 saturated carbocycles. The van der Waals surface area contributed by atoms with Crippen molar-refractivity contribution in [1.82, 2.24) is 10.6 Å². The van der Waals surface area contributed by atoms with Crippen LogP contribution in [0.25, 0.3) is 0 Å². The van der Waals surface area contributed by atoms with Crippen LogP contribution in [0.1, 0.15) is 6.92 Å². The summed E-state index contributed by atoms with van der Waals surface area (Å²) in [5, 5.41) is 5.95. The third-order valence-electron chi connectivity index (χ3n) is 2.72. The molecule has 0 aromatic rings. The molecule has 1 unspecified atom stereocenters. The van der Waals surface area contributed by atoms with Crippen LogP contribution in [0.4, 0.5) is 0 Å². The number of methoxy groups -OCH3 is 2. The lowest BCUT2D eigenvalue weighted by atomic mass is 10.0. The molecule has 0 aromatic heterocycles. The van der Waals surface area contributed by atoms with E-state index in [4.69, 9.17) is 9.47 Å². The Labute approximate surface area is 96.2 Å². The summed E-state index contributed by atoms with van der Waals surface area (Å²) in [6, 6.07) is 0. The minimum absolute atomic E-state index is 0.0188. The van der Waals surface area contributed by atoms with Crippen LogP contribution >= 0.6 is 0 Å². The second kappa shape index (κ2) is 6.62. The molecule has 1 saturated heterocycles. The Hall–Kier alpha value is -0.910. The Kier molecular flexibility index (Phi) is 5.45. The van der Waals surface area contributed by atoms with Crippen LogP contribution in [0.3, 0.4) is 0 Å². The number of nitrogens with one attached hydrogen (secondary N) is 2. The molecule has 1 aliphatic heterocycles. The fourth-order valence-electron chi connectivity index (χ4n) is 1.41. The first-order chi connectivity index (χ1) is 7.69. The maximum absolute atomic E-state index is 11.7. The average Bonchev–Trinajstić information content (AvgIpc) is 2.21. The van der Waals surface area contributed by atoms with Crippen molar-refractivity contribution in [2.24, 2.45) is 0 Å². The summed E-state index contributed by atoms with van der Waals surface area (Å²) in [5.74, 6) is -0.0188. The molecule has 1 rings (SSSR count). The van der Waals surface area contributed by atoms with Gasteiger partial charge in [-0.2, -0.15) is 0 Å². The van der Waals surface area contributed by atoms with Gasteiger partial charge in [-0.25, -0.2) is 0 Å². The van der Waals surface area contributed by atoms with Crippen molar-refractivity contribution < 1.29 is 14.3 Å². The highest BCUT2D eigenvalue weighted by molar-refractivity contribution is 5.93. The summed E-state index contributed by atoms with van der Waals surface area (Å²) >= 11 is 0. The molecule has 1 atom stereocenters. The van der Waals surface area contributed by atoms with Crippen LogP contribution < -0.4 is 10.6 Å². The van der Waals surface area contributed by atoms with Crippen molar-refractivity contribution >= 4 is 5.91 Å². The molecule has 1 amide bonds. The Morgan fingerprint density at radius 2 is 2.19 bits per heavy atom. The van der Waals surface area contributed by atoms with Crippen molar-refractivity contribution in [3.8, 4) is 0 Å². The highest BCUT2D eigenvalue weighted by Crippen LogP contribution is 2.08. The lowest BCUT2D eigenvalue weighted by molar-refractivity contribution is -0.118. The quantitative estimate of drug-likeness (QED) is 0.612. The minimum Gasteiger partial charge on any atom is -0.382 e. The van der Waals surface area contributed by atoms with E-state index in [1.165, 1.54) is 5.57 Å². The molecule has 1 fully saturated rings. The fraction of sp³-hybridized carbons (Fsp3) is 0.727. The third-order valence-corrected chi connectivity index (χ3v) is 2.72. The van der Waals surface area contributed by atoms with Gasteiger partial charge in [0.15, 0.2) is 0 Å². The minimum atomic E-state index is -0.0914. The Bertz CT molecular complexity index is 270. The van der Waals surface area contributed by atoms with Gasteiger partial charge in [-0.3, -0.25) is 4.79 Å². The first kappa shape index (κ1) is 13.2. The van der Waals surface area contributed by atoms with Gasteiger partial charge in [-0.1, -0.05) is 0 Å². The maximum atomic E-state index is 11.7. The van der Waals surface area contributed by atoms with Gasteiger partial charge in [0.05, 0.1) is 12.7 Å². The van der Waals surface area contributed by atoms with Crippen molar-refractivity contribution in [1.29, 1.82) is 0 Å². The summed E-state index contributed by atoms with van der Waals surface area (Å²) in [4.78, 5) is 11.7. The third kappa shape index (κ3) is 3.59. The summed E-state index contributed by atoms with van der Waals surface area (Å²) in [5.41, 5.74) is 1.99. The van der Waals surface area contributed by atoms with E-state index in [1.54, 1.807) is 14.2 Å². The van der Waals surface area contributed by atoms with E-state index in [1.807, 2.05) is 6.92 Å². The van der Waals surface area contributed by atoms with Crippen LogP contribution in [0, 0.1) is 0 Å². The highest BCUT2D eigenvalue weighted by Gasteiger charge is 2.16. The molecule has 0 aromatic carbocycles. The van der Waals surface area contributed by atoms with E-state index in [0.29, 0.717) is 13.2 Å². The first-order valence-electron chi connectivity index (χ1n) is 5.38. The Morgan fingerprint density at radius 1 is 1.50 bits per heavy atom. The predicted molar refractivity (Wildman–Crippen MR) is 61.3 cm³/mol. The maximum Gasteiger partial charge on any atom is 0.247 e. The van der Waals surface area contributed by atoms with Crippen LogP contribution in [-0.2, 0) is 14.3 Å². The summed E-state index contributed by atoms with van der Waals surface area (Å²) in [6.07, 6.45) is -0.0914. The molecule has 0 bridgehead atoms. The topological polar surface area (TPSA) is 59.6 Å². The van der Waals surface area contributed by atoms with Crippen LogP contribution in [0.2, 0.25) is 0 Å². The largest absolute Gasteiger partial charge is 0.382 e. The van der Waals surface area contributed by atoms with Crippen LogP contribution in [-0.4, -0.2) is 52.5 Å². The van der Waals surface area contributed by atoms with E-state index >= 15 is 0 Å². The molecule has 0 aliphatic carbocycles. The molecule has 16 heavy (non-hydrogen) atoms. The first-order valence-corrected chi connectivity index (χ1v) is 5.38. The smallest absolute Gasteiger partial charge is 0.247 e. The summed E-state index contributed by atoms with van der Waals surface area (Å²) < 4.78 is 10.1. The van der Waals surface area contributed by atoms with Gasteiger partial charge in [0.2, 0.25) is 5.91 Å².